The number of hydroxylamine groups is 2. The van der Waals surface area contributed by atoms with Crippen LogP contribution in [-0.2, 0) is 19.2 Å². The molecule has 4 amide bonds. The lowest BCUT2D eigenvalue weighted by atomic mass is 9.57. The van der Waals surface area contributed by atoms with Gasteiger partial charge in [-0.2, -0.15) is 5.06 Å². The Morgan fingerprint density at radius 3 is 2.24 bits per heavy atom. The van der Waals surface area contributed by atoms with E-state index >= 15 is 0 Å². The van der Waals surface area contributed by atoms with E-state index in [1.165, 1.54) is 21.3 Å². The Bertz CT molecular complexity index is 1290. The molecule has 0 unspecified atom stereocenters. The van der Waals surface area contributed by atoms with Crippen LogP contribution >= 0.6 is 23.2 Å². The minimum Gasteiger partial charge on any atom is -0.502 e. The number of rotatable bonds is 4. The van der Waals surface area contributed by atoms with Crippen molar-refractivity contribution in [2.45, 2.75) is 22.6 Å². The van der Waals surface area contributed by atoms with Crippen molar-refractivity contribution >= 4 is 52.9 Å². The highest BCUT2D eigenvalue weighted by atomic mass is 35.5. The highest BCUT2D eigenvalue weighted by molar-refractivity contribution is 6.53. The van der Waals surface area contributed by atoms with Crippen LogP contribution < -0.4 is 9.47 Å². The minimum absolute atomic E-state index is 0.128. The Morgan fingerprint density at radius 2 is 1.65 bits per heavy atom. The van der Waals surface area contributed by atoms with Gasteiger partial charge in [-0.15, -0.1) is 23.2 Å². The number of halogens is 2. The largest absolute Gasteiger partial charge is 0.502 e. The SMILES string of the molecule is COc1cc(C=C[C@H]2C3=CC[C@@H]4C(=O)N(O)C(=O)[C@@H]4[C@@H]3C[C@@]3(Cl)C(=O)N(C)C(=O)[C@@]23Cl)cc(OC)c1O. The number of alkyl halides is 2. The van der Waals surface area contributed by atoms with Crippen LogP contribution in [0.3, 0.4) is 0 Å². The first kappa shape index (κ1) is 25.6. The van der Waals surface area contributed by atoms with Gasteiger partial charge in [-0.05, 0) is 36.5 Å². The molecule has 2 heterocycles. The predicted octanol–water partition coefficient (Wildman–Crippen LogP) is 2.33. The molecule has 0 aromatic heterocycles. The second-order valence-corrected chi connectivity index (χ2v) is 10.9. The number of hydrogen-bond acceptors (Lipinski definition) is 8. The third-order valence-electron chi connectivity index (χ3n) is 8.03. The summed E-state index contributed by atoms with van der Waals surface area (Å²) < 4.78 is 10.4. The van der Waals surface area contributed by atoms with Crippen LogP contribution in [0.25, 0.3) is 6.08 Å². The number of fused-ring (bicyclic) bond motifs is 4. The van der Waals surface area contributed by atoms with Gasteiger partial charge in [-0.25, -0.2) is 0 Å². The lowest BCUT2D eigenvalue weighted by Gasteiger charge is -2.49. The number of imide groups is 2. The fourth-order valence-electron chi connectivity index (χ4n) is 6.19. The lowest BCUT2D eigenvalue weighted by molar-refractivity contribution is -0.173. The number of phenols is 1. The summed E-state index contributed by atoms with van der Waals surface area (Å²) in [6.45, 7) is 0. The van der Waals surface area contributed by atoms with Crippen LogP contribution in [0.4, 0.5) is 0 Å². The number of amides is 4. The Morgan fingerprint density at radius 1 is 1.03 bits per heavy atom. The highest BCUT2D eigenvalue weighted by Gasteiger charge is 2.75. The first-order valence-corrected chi connectivity index (χ1v) is 12.3. The number of carbonyl (C=O) groups is 4. The molecule has 196 valence electrons. The Kier molecular flexibility index (Phi) is 5.85. The average Bonchev–Trinajstić information content (AvgIpc) is 3.18. The average molecular weight is 551 g/mol. The number of carbonyl (C=O) groups excluding carboxylic acids is 4. The van der Waals surface area contributed by atoms with Gasteiger partial charge in [0, 0.05) is 13.0 Å². The first-order valence-electron chi connectivity index (χ1n) is 11.5. The van der Waals surface area contributed by atoms with Gasteiger partial charge in [0.2, 0.25) is 5.75 Å². The van der Waals surface area contributed by atoms with Gasteiger partial charge < -0.3 is 14.6 Å². The second kappa shape index (κ2) is 8.47. The molecule has 6 atom stereocenters. The molecule has 2 N–H and O–H groups in total. The number of benzene rings is 1. The van der Waals surface area contributed by atoms with Crippen LogP contribution in [0, 0.1) is 23.7 Å². The highest BCUT2D eigenvalue weighted by Crippen LogP contribution is 2.62. The predicted molar refractivity (Wildman–Crippen MR) is 130 cm³/mol. The van der Waals surface area contributed by atoms with Crippen molar-refractivity contribution in [2.75, 3.05) is 21.3 Å². The van der Waals surface area contributed by atoms with E-state index in [1.807, 2.05) is 0 Å². The molecule has 1 saturated carbocycles. The maximum absolute atomic E-state index is 13.4. The van der Waals surface area contributed by atoms with E-state index in [9.17, 15) is 29.5 Å². The summed E-state index contributed by atoms with van der Waals surface area (Å²) in [6, 6.07) is 3.09. The zero-order chi connectivity index (χ0) is 27.0. The van der Waals surface area contributed by atoms with Gasteiger partial charge in [-0.1, -0.05) is 23.8 Å². The van der Waals surface area contributed by atoms with Crippen LogP contribution in [0.2, 0.25) is 0 Å². The topological polar surface area (TPSA) is 134 Å². The van der Waals surface area contributed by atoms with E-state index in [1.54, 1.807) is 30.4 Å². The standard InChI is InChI=1S/C25H24Cl2N2O8/c1-28-22(33)24(26)10-14-12(5-6-13-18(14)21(32)29(35)20(13)31)15(25(24,27)23(28)34)7-4-11-8-16(36-2)19(30)17(9-11)37-3/h4-5,7-9,13-15,18,30,35H,6,10H2,1-3H3/t13-,14+,15-,18-,24+,25-/m0/s1. The van der Waals surface area contributed by atoms with Gasteiger partial charge >= 0.3 is 0 Å². The van der Waals surface area contributed by atoms with Gasteiger partial charge in [0.05, 0.1) is 26.1 Å². The molecule has 0 radical (unpaired) electrons. The zero-order valence-corrected chi connectivity index (χ0v) is 21.6. The van der Waals surface area contributed by atoms with Crippen molar-refractivity contribution < 1.29 is 39.0 Å². The molecule has 1 aromatic rings. The molecule has 3 fully saturated rings. The van der Waals surface area contributed by atoms with Crippen LogP contribution in [0.1, 0.15) is 18.4 Å². The van der Waals surface area contributed by atoms with Gasteiger partial charge in [0.1, 0.15) is 0 Å². The summed E-state index contributed by atoms with van der Waals surface area (Å²) in [4.78, 5) is 49.1. The summed E-state index contributed by atoms with van der Waals surface area (Å²) in [5, 5.41) is 20.4. The summed E-state index contributed by atoms with van der Waals surface area (Å²) in [7, 11) is 4.07. The molecule has 4 aliphatic rings. The molecule has 2 aliphatic heterocycles. The van der Waals surface area contributed by atoms with E-state index in [-0.39, 0.29) is 35.2 Å². The smallest absolute Gasteiger partial charge is 0.257 e. The fraction of sp³-hybridized carbons (Fsp3) is 0.440. The summed E-state index contributed by atoms with van der Waals surface area (Å²) in [5.74, 6) is -6.12. The van der Waals surface area contributed by atoms with E-state index in [0.29, 0.717) is 11.1 Å². The van der Waals surface area contributed by atoms with Crippen molar-refractivity contribution in [3.63, 3.8) is 0 Å². The molecular formula is C25H24Cl2N2O8. The quantitative estimate of drug-likeness (QED) is 0.252. The first-order chi connectivity index (χ1) is 17.4. The van der Waals surface area contributed by atoms with Crippen LogP contribution in [0.5, 0.6) is 17.2 Å². The minimum atomic E-state index is -1.90. The number of methoxy groups -OCH3 is 2. The Hall–Kier alpha value is -3.08. The van der Waals surface area contributed by atoms with E-state index in [4.69, 9.17) is 32.7 Å². The van der Waals surface area contributed by atoms with Crippen LogP contribution in [0.15, 0.2) is 29.9 Å². The van der Waals surface area contributed by atoms with Crippen molar-refractivity contribution in [3.8, 4) is 17.2 Å². The van der Waals surface area contributed by atoms with Crippen molar-refractivity contribution in [3.05, 3.63) is 35.4 Å². The lowest BCUT2D eigenvalue weighted by Crippen LogP contribution is -2.60. The van der Waals surface area contributed by atoms with Gasteiger partial charge in [0.15, 0.2) is 21.2 Å². The van der Waals surface area contributed by atoms with Gasteiger partial charge in [-0.3, -0.25) is 29.3 Å². The van der Waals surface area contributed by atoms with Crippen molar-refractivity contribution in [1.29, 1.82) is 0 Å². The second-order valence-electron chi connectivity index (χ2n) is 9.66. The molecular weight excluding hydrogens is 527 g/mol. The Balaban J connectivity index is 1.66. The van der Waals surface area contributed by atoms with E-state index in [2.05, 4.69) is 0 Å². The maximum Gasteiger partial charge on any atom is 0.257 e. The summed E-state index contributed by atoms with van der Waals surface area (Å²) in [5.41, 5.74) is 1.12. The van der Waals surface area contributed by atoms with Gasteiger partial charge in [0.25, 0.3) is 23.6 Å². The number of allylic oxidation sites excluding steroid dienone is 3. The maximum atomic E-state index is 13.4. The Labute approximate surface area is 222 Å². The summed E-state index contributed by atoms with van der Waals surface area (Å²) in [6.07, 6.45) is 5.00. The fourth-order valence-corrected chi connectivity index (χ4v) is 7.17. The zero-order valence-electron chi connectivity index (χ0n) is 20.1. The third kappa shape index (κ3) is 3.22. The number of aromatic hydroxyl groups is 1. The number of hydrogen-bond donors (Lipinski definition) is 2. The molecule has 1 aromatic carbocycles. The number of likely N-dealkylation sites (tertiary alicyclic amines) is 1. The number of nitrogens with zero attached hydrogens (tertiary/aromatic N) is 2. The van der Waals surface area contributed by atoms with Crippen molar-refractivity contribution in [1.82, 2.24) is 9.96 Å². The molecule has 0 spiro atoms. The monoisotopic (exact) mass is 550 g/mol. The van der Waals surface area contributed by atoms with Crippen molar-refractivity contribution in [2.24, 2.45) is 23.7 Å². The molecule has 5 rings (SSSR count). The molecule has 2 saturated heterocycles. The van der Waals surface area contributed by atoms with E-state index in [0.717, 1.165) is 4.90 Å². The van der Waals surface area contributed by atoms with Crippen LogP contribution in [-0.4, -0.2) is 74.9 Å². The van der Waals surface area contributed by atoms with E-state index < -0.39 is 57.0 Å². The summed E-state index contributed by atoms with van der Waals surface area (Å²) >= 11 is 14.0. The molecule has 12 heteroatoms. The molecule has 0 bridgehead atoms. The molecule has 2 aliphatic carbocycles. The number of phenolic OH excluding ortho intramolecular Hbond substituents is 1. The molecule has 10 nitrogen and oxygen atoms in total. The molecule has 37 heavy (non-hydrogen) atoms. The normalized spacial score (nSPS) is 35.0. The third-order valence-corrected chi connectivity index (χ3v) is 9.46. The number of ether oxygens (including phenoxy) is 2.